The molecule has 0 aliphatic rings. The van der Waals surface area contributed by atoms with Crippen LogP contribution in [0, 0.1) is 0 Å². The molecule has 2 unspecified atom stereocenters. The minimum atomic E-state index is -0.665. The second-order valence-electron chi connectivity index (χ2n) is 25.6. The summed E-state index contributed by atoms with van der Waals surface area (Å²) in [5.74, 6) is -0.0308. The molecule has 83 heavy (non-hydrogen) atoms. The SMILES string of the molecule is CCCCCC/C=C\C/C=C\CCCCCCCC(=O)OCCCCCCCCCCC/C=C\C/C=C\CCCCCCCCCCCCCCCCCC(=O)NC(CO)C(O)CCCCCCCCCCCCCCCCCCCCC. The maximum atomic E-state index is 12.5. The van der Waals surface area contributed by atoms with E-state index in [4.69, 9.17) is 4.74 Å². The Morgan fingerprint density at radius 3 is 0.928 bits per heavy atom. The molecule has 2 atom stereocenters. The Balaban J connectivity index is 3.40. The van der Waals surface area contributed by atoms with Crippen molar-refractivity contribution in [3.8, 4) is 0 Å². The summed E-state index contributed by atoms with van der Waals surface area (Å²) in [6.45, 7) is 4.96. The summed E-state index contributed by atoms with van der Waals surface area (Å²) >= 11 is 0. The molecule has 488 valence electrons. The van der Waals surface area contributed by atoms with Crippen molar-refractivity contribution in [2.24, 2.45) is 0 Å². The number of hydrogen-bond acceptors (Lipinski definition) is 5. The van der Waals surface area contributed by atoms with E-state index < -0.39 is 12.1 Å². The maximum absolute atomic E-state index is 12.5. The first-order valence-corrected chi connectivity index (χ1v) is 37.4. The largest absolute Gasteiger partial charge is 0.466 e. The van der Waals surface area contributed by atoms with Gasteiger partial charge in [0.05, 0.1) is 25.4 Å². The third kappa shape index (κ3) is 68.8. The first-order valence-electron chi connectivity index (χ1n) is 37.4. The second-order valence-corrected chi connectivity index (χ2v) is 25.6. The average molecular weight is 1170 g/mol. The molecule has 0 aliphatic carbocycles. The number of carbonyl (C=O) groups is 2. The number of unbranched alkanes of at least 4 members (excludes halogenated alkanes) is 51. The lowest BCUT2D eigenvalue weighted by molar-refractivity contribution is -0.143. The van der Waals surface area contributed by atoms with Crippen LogP contribution in [0.25, 0.3) is 0 Å². The predicted molar refractivity (Wildman–Crippen MR) is 366 cm³/mol. The third-order valence-corrected chi connectivity index (χ3v) is 17.4. The first kappa shape index (κ1) is 80.8. The zero-order valence-corrected chi connectivity index (χ0v) is 55.9. The lowest BCUT2D eigenvalue weighted by Gasteiger charge is -2.22. The van der Waals surface area contributed by atoms with E-state index in [1.54, 1.807) is 0 Å². The standard InChI is InChI=1S/C77H145NO5/c1-3-5-7-9-11-13-15-17-19-21-35-38-41-45-49-53-57-61-65-69-75(80)74(73-79)78-76(81)70-66-62-58-54-50-46-42-39-36-33-31-29-27-25-23-22-24-26-28-30-32-34-37-40-44-48-52-56-60-64-68-72-83-77(82)71-67-63-59-55-51-47-43-20-18-16-14-12-10-8-6-4-2/h14,16,20,24,26,30,32,43,74-75,79-80H,3-13,15,17-19,21-23,25,27-29,31,33-42,44-73H2,1-2H3,(H,78,81)/b16-14-,26-24-,32-30-,43-20-. The number of carbonyl (C=O) groups excluding carboxylic acids is 2. The molecule has 0 aromatic carbocycles. The van der Waals surface area contributed by atoms with E-state index in [2.05, 4.69) is 67.8 Å². The van der Waals surface area contributed by atoms with Crippen molar-refractivity contribution < 1.29 is 24.5 Å². The number of aliphatic hydroxyl groups excluding tert-OH is 2. The molecule has 0 spiro atoms. The van der Waals surface area contributed by atoms with E-state index in [0.29, 0.717) is 25.9 Å². The second kappa shape index (κ2) is 72.3. The van der Waals surface area contributed by atoms with Crippen LogP contribution in [0.1, 0.15) is 406 Å². The Labute approximate surface area is 518 Å². The number of amides is 1. The van der Waals surface area contributed by atoms with Crippen molar-refractivity contribution in [2.75, 3.05) is 13.2 Å². The highest BCUT2D eigenvalue weighted by atomic mass is 16.5. The molecular weight excluding hydrogens is 1020 g/mol. The van der Waals surface area contributed by atoms with Gasteiger partial charge in [0.1, 0.15) is 0 Å². The van der Waals surface area contributed by atoms with Gasteiger partial charge >= 0.3 is 5.97 Å². The summed E-state index contributed by atoms with van der Waals surface area (Å²) in [4.78, 5) is 24.6. The molecule has 0 fully saturated rings. The minimum absolute atomic E-state index is 0.000000391. The molecule has 0 rings (SSSR count). The van der Waals surface area contributed by atoms with Crippen molar-refractivity contribution in [2.45, 2.75) is 418 Å². The van der Waals surface area contributed by atoms with Crippen molar-refractivity contribution in [3.05, 3.63) is 48.6 Å². The molecule has 6 nitrogen and oxygen atoms in total. The predicted octanol–water partition coefficient (Wildman–Crippen LogP) is 24.4. The van der Waals surface area contributed by atoms with E-state index >= 15 is 0 Å². The number of hydrogen-bond donors (Lipinski definition) is 3. The molecular formula is C77H145NO5. The number of allylic oxidation sites excluding steroid dienone is 8. The Kier molecular flexibility index (Phi) is 70.4. The Hall–Kier alpha value is -2.18. The molecule has 0 radical (unpaired) electrons. The average Bonchev–Trinajstić information content (AvgIpc) is 3.48. The summed E-state index contributed by atoms with van der Waals surface area (Å²) in [6, 6.07) is -0.542. The topological polar surface area (TPSA) is 95.9 Å². The molecule has 0 saturated carbocycles. The van der Waals surface area contributed by atoms with Crippen LogP contribution >= 0.6 is 0 Å². The van der Waals surface area contributed by atoms with Crippen LogP contribution in [0.2, 0.25) is 0 Å². The van der Waals surface area contributed by atoms with Gasteiger partial charge in [0.2, 0.25) is 5.91 Å². The number of ether oxygens (including phenoxy) is 1. The normalized spacial score (nSPS) is 12.8. The van der Waals surface area contributed by atoms with Crippen LogP contribution in [0.3, 0.4) is 0 Å². The molecule has 6 heteroatoms. The zero-order chi connectivity index (χ0) is 59.9. The van der Waals surface area contributed by atoms with Gasteiger partial charge in [-0.2, -0.15) is 0 Å². The Morgan fingerprint density at radius 1 is 0.337 bits per heavy atom. The molecule has 1 amide bonds. The van der Waals surface area contributed by atoms with Crippen LogP contribution in [-0.4, -0.2) is 47.4 Å². The third-order valence-electron chi connectivity index (χ3n) is 17.4. The van der Waals surface area contributed by atoms with Gasteiger partial charge in [-0.15, -0.1) is 0 Å². The van der Waals surface area contributed by atoms with Crippen LogP contribution in [0.15, 0.2) is 48.6 Å². The summed E-state index contributed by atoms with van der Waals surface area (Å²) in [5.41, 5.74) is 0. The number of rotatable bonds is 70. The fraction of sp³-hybridized carbons (Fsp3) is 0.870. The maximum Gasteiger partial charge on any atom is 0.305 e. The first-order chi connectivity index (χ1) is 41.0. The van der Waals surface area contributed by atoms with Crippen LogP contribution in [0.4, 0.5) is 0 Å². The molecule has 0 bridgehead atoms. The lowest BCUT2D eigenvalue weighted by atomic mass is 10.0. The fourth-order valence-corrected chi connectivity index (χ4v) is 11.6. The van der Waals surface area contributed by atoms with Gasteiger partial charge in [0.15, 0.2) is 0 Å². The molecule has 3 N–H and O–H groups in total. The highest BCUT2D eigenvalue weighted by Gasteiger charge is 2.20. The monoisotopic (exact) mass is 1160 g/mol. The van der Waals surface area contributed by atoms with E-state index in [1.807, 2.05) is 0 Å². The molecule has 0 heterocycles. The Bertz CT molecular complexity index is 1390. The summed E-state index contributed by atoms with van der Waals surface area (Å²) in [5, 5.41) is 23.4. The summed E-state index contributed by atoms with van der Waals surface area (Å²) in [7, 11) is 0. The number of esters is 1. The fourth-order valence-electron chi connectivity index (χ4n) is 11.6. The quantitative estimate of drug-likeness (QED) is 0.0320. The van der Waals surface area contributed by atoms with Gasteiger partial charge in [0, 0.05) is 12.8 Å². The molecule has 0 aliphatic heterocycles. The van der Waals surface area contributed by atoms with Crippen molar-refractivity contribution in [1.29, 1.82) is 0 Å². The van der Waals surface area contributed by atoms with Crippen LogP contribution < -0.4 is 5.32 Å². The smallest absolute Gasteiger partial charge is 0.305 e. The van der Waals surface area contributed by atoms with Crippen LogP contribution in [0.5, 0.6) is 0 Å². The lowest BCUT2D eigenvalue weighted by Crippen LogP contribution is -2.45. The van der Waals surface area contributed by atoms with Gasteiger partial charge < -0.3 is 20.3 Å². The van der Waals surface area contributed by atoms with E-state index in [1.165, 1.54) is 315 Å². The zero-order valence-electron chi connectivity index (χ0n) is 55.9. The molecule has 0 aromatic rings. The van der Waals surface area contributed by atoms with Crippen LogP contribution in [-0.2, 0) is 14.3 Å². The highest BCUT2D eigenvalue weighted by Crippen LogP contribution is 2.19. The molecule has 0 aromatic heterocycles. The Morgan fingerprint density at radius 2 is 0.602 bits per heavy atom. The van der Waals surface area contributed by atoms with E-state index in [-0.39, 0.29) is 18.5 Å². The van der Waals surface area contributed by atoms with E-state index in [9.17, 15) is 19.8 Å². The molecule has 0 saturated heterocycles. The number of nitrogens with one attached hydrogen (secondary N) is 1. The van der Waals surface area contributed by atoms with Crippen molar-refractivity contribution in [3.63, 3.8) is 0 Å². The van der Waals surface area contributed by atoms with Crippen molar-refractivity contribution >= 4 is 11.9 Å². The van der Waals surface area contributed by atoms with Gasteiger partial charge in [-0.3, -0.25) is 9.59 Å². The van der Waals surface area contributed by atoms with E-state index in [0.717, 1.165) is 57.8 Å². The van der Waals surface area contributed by atoms with Gasteiger partial charge in [0.25, 0.3) is 0 Å². The summed E-state index contributed by atoms with van der Waals surface area (Å²) < 4.78 is 5.49. The number of aliphatic hydroxyl groups is 2. The van der Waals surface area contributed by atoms with Gasteiger partial charge in [-0.1, -0.05) is 351 Å². The van der Waals surface area contributed by atoms with Crippen molar-refractivity contribution in [1.82, 2.24) is 5.32 Å². The minimum Gasteiger partial charge on any atom is -0.466 e. The van der Waals surface area contributed by atoms with Gasteiger partial charge in [-0.05, 0) is 89.9 Å². The highest BCUT2D eigenvalue weighted by molar-refractivity contribution is 5.76. The summed E-state index contributed by atoms with van der Waals surface area (Å²) in [6.07, 6.45) is 94.6. The van der Waals surface area contributed by atoms with Gasteiger partial charge in [-0.25, -0.2) is 0 Å².